The number of benzene rings is 6. The predicted octanol–water partition coefficient (Wildman–Crippen LogP) is 14.8. The van der Waals surface area contributed by atoms with Crippen molar-refractivity contribution in [1.29, 1.82) is 0 Å². The van der Waals surface area contributed by atoms with Crippen LogP contribution in [0.15, 0.2) is 190 Å². The summed E-state index contributed by atoms with van der Waals surface area (Å²) in [4.78, 5) is 31.3. The summed E-state index contributed by atoms with van der Waals surface area (Å²) in [5.41, 5.74) is 15.5. The van der Waals surface area contributed by atoms with Gasteiger partial charge in [-0.15, -0.1) is 0 Å². The van der Waals surface area contributed by atoms with Crippen molar-refractivity contribution in [3.05, 3.63) is 177 Å². The van der Waals surface area contributed by atoms with Crippen LogP contribution < -0.4 is 0 Å². The Morgan fingerprint density at radius 1 is 0.361 bits per heavy atom. The molecule has 0 unspecified atom stereocenters. The highest BCUT2D eigenvalue weighted by Crippen LogP contribution is 2.42. The van der Waals surface area contributed by atoms with Gasteiger partial charge in [0.25, 0.3) is 0 Å². The van der Waals surface area contributed by atoms with Gasteiger partial charge in [-0.05, 0) is 84.9 Å². The molecule has 332 valence electrons. The summed E-state index contributed by atoms with van der Waals surface area (Å²) in [5, 5.41) is 11.9. The molecule has 0 radical (unpaired) electrons. The number of fused-ring (bicyclic) bond motifs is 28. The van der Waals surface area contributed by atoms with Crippen LogP contribution in [0, 0.1) is 0 Å². The predicted molar refractivity (Wildman–Crippen MR) is 284 cm³/mol. The topological polar surface area (TPSA) is 130 Å². The normalized spacial score (nSPS) is 12.7. The van der Waals surface area contributed by atoms with Crippen molar-refractivity contribution >= 4 is 148 Å². The lowest BCUT2D eigenvalue weighted by atomic mass is 10.1. The molecule has 12 nitrogen and oxygen atoms in total. The van der Waals surface area contributed by atoms with Crippen molar-refractivity contribution < 1.29 is 13.3 Å². The van der Waals surface area contributed by atoms with Crippen molar-refractivity contribution in [3.63, 3.8) is 0 Å². The van der Waals surface area contributed by atoms with Crippen LogP contribution in [0.5, 0.6) is 0 Å². The third-order valence-electron chi connectivity index (χ3n) is 15.0. The highest BCUT2D eigenvalue weighted by Gasteiger charge is 2.24. The molecular weight excluding hydrogens is 895 g/mol. The maximum absolute atomic E-state index is 6.59. The molecule has 0 aliphatic carbocycles. The van der Waals surface area contributed by atoms with E-state index in [-0.39, 0.29) is 0 Å². The second-order valence-corrected chi connectivity index (χ2v) is 18.7. The second kappa shape index (κ2) is 12.9. The first-order valence-corrected chi connectivity index (χ1v) is 23.7. The van der Waals surface area contributed by atoms with Crippen LogP contribution in [0.25, 0.3) is 171 Å². The summed E-state index contributed by atoms with van der Waals surface area (Å²) < 4.78 is 26.0. The Balaban J connectivity index is 0.891. The van der Waals surface area contributed by atoms with E-state index < -0.39 is 0 Å². The van der Waals surface area contributed by atoms with Gasteiger partial charge in [0.1, 0.15) is 56.1 Å². The molecule has 18 rings (SSSR count). The van der Waals surface area contributed by atoms with Crippen molar-refractivity contribution in [2.75, 3.05) is 0 Å². The van der Waals surface area contributed by atoms with Gasteiger partial charge in [0.05, 0.1) is 50.9 Å². The van der Waals surface area contributed by atoms with Crippen molar-refractivity contribution in [3.8, 4) is 22.8 Å². The molecule has 0 amide bonds. The number of rotatable bonds is 2. The van der Waals surface area contributed by atoms with Crippen LogP contribution in [0.2, 0.25) is 0 Å². The van der Waals surface area contributed by atoms with Crippen molar-refractivity contribution in [2.24, 2.45) is 0 Å². The van der Waals surface area contributed by atoms with Gasteiger partial charge in [-0.2, -0.15) is 0 Å². The highest BCUT2D eigenvalue weighted by atomic mass is 16.3. The molecule has 6 aromatic carbocycles. The molecule has 0 saturated carbocycles. The van der Waals surface area contributed by atoms with E-state index in [0.29, 0.717) is 0 Å². The number of furan rings is 3. The van der Waals surface area contributed by atoms with Gasteiger partial charge in [-0.1, -0.05) is 54.6 Å². The molecule has 0 bridgehead atoms. The number of hydrogen-bond donors (Lipinski definition) is 0. The number of pyridine rings is 6. The molecule has 18 aromatic rings. The van der Waals surface area contributed by atoms with E-state index in [1.54, 1.807) is 0 Å². The van der Waals surface area contributed by atoms with Crippen molar-refractivity contribution in [2.45, 2.75) is 0 Å². The Labute approximate surface area is 402 Å². The Kier molecular flexibility index (Phi) is 6.59. The summed E-state index contributed by atoms with van der Waals surface area (Å²) >= 11 is 0. The van der Waals surface area contributed by atoms with Crippen LogP contribution in [-0.2, 0) is 0 Å². The Morgan fingerprint density at radius 2 is 1.00 bits per heavy atom. The minimum Gasteiger partial charge on any atom is -0.456 e. The lowest BCUT2D eigenvalue weighted by molar-refractivity contribution is 0.669. The quantitative estimate of drug-likeness (QED) is 0.156. The fourth-order valence-electron chi connectivity index (χ4n) is 11.8. The van der Waals surface area contributed by atoms with E-state index in [1.165, 1.54) is 0 Å². The van der Waals surface area contributed by atoms with E-state index in [1.807, 2.05) is 91.5 Å². The van der Waals surface area contributed by atoms with Crippen LogP contribution >= 0.6 is 0 Å². The molecule has 0 N–H and O–H groups in total. The molecule has 0 atom stereocenters. The van der Waals surface area contributed by atoms with Gasteiger partial charge in [0.2, 0.25) is 0 Å². The molecular formula is C60H29N9O3. The zero-order valence-electron chi connectivity index (χ0n) is 37.5. The third kappa shape index (κ3) is 4.61. The van der Waals surface area contributed by atoms with E-state index in [9.17, 15) is 0 Å². The summed E-state index contributed by atoms with van der Waals surface area (Å²) in [6, 6.07) is 49.8. The zero-order valence-corrected chi connectivity index (χ0v) is 37.5. The van der Waals surface area contributed by atoms with E-state index >= 15 is 0 Å². The zero-order chi connectivity index (χ0) is 46.5. The third-order valence-corrected chi connectivity index (χ3v) is 15.0. The minimum absolute atomic E-state index is 0.718. The first-order chi connectivity index (χ1) is 35.7. The van der Waals surface area contributed by atoms with Gasteiger partial charge in [0.15, 0.2) is 5.58 Å². The monoisotopic (exact) mass is 923 g/mol. The fourth-order valence-corrected chi connectivity index (χ4v) is 11.8. The molecule has 0 aliphatic heterocycles. The van der Waals surface area contributed by atoms with Gasteiger partial charge < -0.3 is 13.3 Å². The number of hydrogen-bond acceptors (Lipinski definition) is 9. The molecule has 12 heterocycles. The van der Waals surface area contributed by atoms with Gasteiger partial charge in [-0.25, -0.2) is 24.9 Å². The molecule has 0 aliphatic rings. The molecule has 72 heavy (non-hydrogen) atoms. The molecule has 12 heteroatoms. The number of para-hydroxylation sites is 3. The molecule has 0 fully saturated rings. The van der Waals surface area contributed by atoms with Gasteiger partial charge in [0, 0.05) is 95.5 Å². The average molecular weight is 924 g/mol. The lowest BCUT2D eigenvalue weighted by Gasteiger charge is -2.12. The van der Waals surface area contributed by atoms with E-state index in [2.05, 4.69) is 98.3 Å². The number of imidazole rings is 3. The minimum atomic E-state index is 0.718. The number of nitrogens with zero attached hydrogens (tertiary/aromatic N) is 9. The van der Waals surface area contributed by atoms with Gasteiger partial charge in [-0.3, -0.25) is 18.2 Å². The second-order valence-electron chi connectivity index (χ2n) is 18.7. The van der Waals surface area contributed by atoms with Crippen LogP contribution in [0.1, 0.15) is 0 Å². The average Bonchev–Trinajstić information content (AvgIpc) is 4.31. The smallest absolute Gasteiger partial charge is 0.160 e. The summed E-state index contributed by atoms with van der Waals surface area (Å²) in [7, 11) is 0. The maximum atomic E-state index is 6.59. The summed E-state index contributed by atoms with van der Waals surface area (Å²) in [6.07, 6.45) is 9.67. The first-order valence-electron chi connectivity index (χ1n) is 23.7. The highest BCUT2D eigenvalue weighted by molar-refractivity contribution is 6.22. The SMILES string of the molecule is c1ccc2c(c1)oc1cc3c(cc12)c1ncccc1c1nc(-c2ccc4c(n2)c2cc5oc6ccccc6c5cc2n2c(-c5ccc6c(n5)c5ccc7c8ccccc8oc7c5n5ccnc65)cnc42)cn31. The lowest BCUT2D eigenvalue weighted by Crippen LogP contribution is -1.98. The van der Waals surface area contributed by atoms with Crippen LogP contribution in [-0.4, -0.2) is 43.1 Å². The standard InChI is InChI=1S/C60H29N9O3/c1-6-14-50-30(8-1)33-15-16-34-54-36(58-62-22-23-67(58)56(34)57(33)72-50)18-20-43(65-54)47-28-63-59-37-17-19-42(64-55(37)41-26-51-39(25-46(41)69(47)59)32-10-3-5-13-49(32)70-51)44-29-68-45-27-52-38(31-9-2-4-12-48(31)71-52)24-40(45)53-35(60(68)66-44)11-7-21-61-53/h1-29H. The molecule has 0 spiro atoms. The first kappa shape index (κ1) is 36.8. The Morgan fingerprint density at radius 3 is 1.83 bits per heavy atom. The molecule has 12 aromatic heterocycles. The summed E-state index contributed by atoms with van der Waals surface area (Å²) in [5.74, 6) is 0. The Bertz CT molecular complexity index is 5500. The van der Waals surface area contributed by atoms with Gasteiger partial charge >= 0.3 is 0 Å². The van der Waals surface area contributed by atoms with Crippen LogP contribution in [0.3, 0.4) is 0 Å². The van der Waals surface area contributed by atoms with E-state index in [4.69, 9.17) is 43.2 Å². The largest absolute Gasteiger partial charge is 0.456 e. The fraction of sp³-hybridized carbons (Fsp3) is 0. The number of aromatic nitrogens is 9. The summed E-state index contributed by atoms with van der Waals surface area (Å²) in [6.45, 7) is 0. The van der Waals surface area contributed by atoms with E-state index in [0.717, 1.165) is 171 Å². The Hall–Kier alpha value is -10.2. The molecule has 0 saturated heterocycles. The van der Waals surface area contributed by atoms with Crippen LogP contribution in [0.4, 0.5) is 0 Å². The maximum Gasteiger partial charge on any atom is 0.160 e. The van der Waals surface area contributed by atoms with Crippen molar-refractivity contribution in [1.82, 2.24) is 43.1 Å².